The molecule has 1 aliphatic heterocycles. The fourth-order valence-electron chi connectivity index (χ4n) is 3.63. The first-order chi connectivity index (χ1) is 13.2. The molecule has 2 heterocycles. The maximum Gasteiger partial charge on any atom is 0.224 e. The van der Waals surface area contributed by atoms with Gasteiger partial charge in [0.15, 0.2) is 0 Å². The van der Waals surface area contributed by atoms with Crippen LogP contribution in [-0.2, 0) is 12.8 Å². The largest absolute Gasteiger partial charge is 0.497 e. The van der Waals surface area contributed by atoms with Crippen LogP contribution in [0.1, 0.15) is 18.1 Å². The summed E-state index contributed by atoms with van der Waals surface area (Å²) in [4.78, 5) is 11.4. The third kappa shape index (κ3) is 3.72. The second-order valence-electron chi connectivity index (χ2n) is 6.82. The summed E-state index contributed by atoms with van der Waals surface area (Å²) in [7, 11) is 1.69. The van der Waals surface area contributed by atoms with Crippen molar-refractivity contribution >= 4 is 17.5 Å². The molecular formula is C22H24N4O. The molecular weight excluding hydrogens is 336 g/mol. The Kier molecular flexibility index (Phi) is 4.92. The molecule has 0 saturated carbocycles. The van der Waals surface area contributed by atoms with Crippen LogP contribution in [0.4, 0.5) is 17.5 Å². The van der Waals surface area contributed by atoms with Crippen LogP contribution in [0.5, 0.6) is 5.75 Å². The van der Waals surface area contributed by atoms with Crippen molar-refractivity contribution < 1.29 is 4.74 Å². The van der Waals surface area contributed by atoms with Gasteiger partial charge in [0.2, 0.25) is 5.95 Å². The van der Waals surface area contributed by atoms with Crippen LogP contribution in [0.15, 0.2) is 60.8 Å². The second-order valence-corrected chi connectivity index (χ2v) is 6.82. The van der Waals surface area contributed by atoms with Crippen molar-refractivity contribution in [1.82, 2.24) is 9.97 Å². The van der Waals surface area contributed by atoms with Gasteiger partial charge in [-0.15, -0.1) is 0 Å². The minimum atomic E-state index is 0.391. The molecule has 0 amide bonds. The number of rotatable bonds is 6. The van der Waals surface area contributed by atoms with E-state index in [0.717, 1.165) is 31.0 Å². The van der Waals surface area contributed by atoms with E-state index >= 15 is 0 Å². The highest BCUT2D eigenvalue weighted by Crippen LogP contribution is 2.37. The first-order valence-corrected chi connectivity index (χ1v) is 9.31. The van der Waals surface area contributed by atoms with Gasteiger partial charge < -0.3 is 15.0 Å². The molecule has 2 aromatic carbocycles. The number of methoxy groups -OCH3 is 1. The molecule has 1 aromatic heterocycles. The van der Waals surface area contributed by atoms with E-state index in [-0.39, 0.29) is 0 Å². The molecule has 0 saturated heterocycles. The molecule has 1 N–H and O–H groups in total. The van der Waals surface area contributed by atoms with Gasteiger partial charge in [-0.05, 0) is 55.2 Å². The minimum absolute atomic E-state index is 0.391. The molecule has 5 nitrogen and oxygen atoms in total. The van der Waals surface area contributed by atoms with E-state index in [1.165, 1.54) is 16.8 Å². The quantitative estimate of drug-likeness (QED) is 0.713. The van der Waals surface area contributed by atoms with Crippen molar-refractivity contribution in [2.45, 2.75) is 25.8 Å². The number of anilines is 3. The number of benzene rings is 2. The number of ether oxygens (including phenoxy) is 1. The predicted molar refractivity (Wildman–Crippen MR) is 109 cm³/mol. The Morgan fingerprint density at radius 2 is 2.04 bits per heavy atom. The molecule has 138 valence electrons. The van der Waals surface area contributed by atoms with Crippen LogP contribution in [0.3, 0.4) is 0 Å². The van der Waals surface area contributed by atoms with Crippen LogP contribution in [0, 0.1) is 0 Å². The summed E-state index contributed by atoms with van der Waals surface area (Å²) in [5, 5.41) is 3.34. The monoisotopic (exact) mass is 360 g/mol. The lowest BCUT2D eigenvalue weighted by Gasteiger charge is -2.24. The van der Waals surface area contributed by atoms with E-state index in [9.17, 15) is 0 Å². The van der Waals surface area contributed by atoms with Gasteiger partial charge in [-0.2, -0.15) is 4.98 Å². The molecule has 0 fully saturated rings. The van der Waals surface area contributed by atoms with Gasteiger partial charge >= 0.3 is 0 Å². The average Bonchev–Trinajstić information content (AvgIpc) is 3.04. The van der Waals surface area contributed by atoms with E-state index in [0.29, 0.717) is 12.0 Å². The Bertz CT molecular complexity index is 927. The Hall–Kier alpha value is -3.08. The highest BCUT2D eigenvalue weighted by Gasteiger charge is 2.27. The van der Waals surface area contributed by atoms with Crippen molar-refractivity contribution in [3.63, 3.8) is 0 Å². The summed E-state index contributed by atoms with van der Waals surface area (Å²) >= 11 is 0. The van der Waals surface area contributed by atoms with Crippen LogP contribution in [0.2, 0.25) is 0 Å². The predicted octanol–water partition coefficient (Wildman–Crippen LogP) is 4.22. The van der Waals surface area contributed by atoms with Gasteiger partial charge in [0.25, 0.3) is 0 Å². The SMILES string of the molecule is COc1cccc(CCNc2nccc(N3c4ccccc4CC3C)n2)c1. The normalized spacial score (nSPS) is 15.5. The average molecular weight is 360 g/mol. The zero-order valence-corrected chi connectivity index (χ0v) is 15.7. The Labute approximate surface area is 160 Å². The van der Waals surface area contributed by atoms with Crippen molar-refractivity contribution in [3.8, 4) is 5.75 Å². The minimum Gasteiger partial charge on any atom is -0.497 e. The molecule has 4 rings (SSSR count). The number of aromatic nitrogens is 2. The van der Waals surface area contributed by atoms with E-state index in [1.807, 2.05) is 24.4 Å². The summed E-state index contributed by atoms with van der Waals surface area (Å²) in [6, 6.07) is 19.0. The van der Waals surface area contributed by atoms with Gasteiger partial charge in [0.1, 0.15) is 11.6 Å². The standard InChI is InChI=1S/C22H24N4O/c1-16-14-18-7-3-4-9-20(18)26(16)21-11-13-24-22(25-21)23-12-10-17-6-5-8-19(15-17)27-2/h3-9,11,13,15-16H,10,12,14H2,1-2H3,(H,23,24,25). The highest BCUT2D eigenvalue weighted by molar-refractivity contribution is 5.69. The van der Waals surface area contributed by atoms with Gasteiger partial charge in [0, 0.05) is 24.5 Å². The molecule has 0 spiro atoms. The summed E-state index contributed by atoms with van der Waals surface area (Å²) in [6.45, 7) is 3.00. The molecule has 0 bridgehead atoms. The fraction of sp³-hybridized carbons (Fsp3) is 0.273. The van der Waals surface area contributed by atoms with Crippen LogP contribution in [0.25, 0.3) is 0 Å². The van der Waals surface area contributed by atoms with Gasteiger partial charge in [-0.25, -0.2) is 4.98 Å². The summed E-state index contributed by atoms with van der Waals surface area (Å²) < 4.78 is 5.28. The van der Waals surface area contributed by atoms with Crippen molar-refractivity contribution in [2.24, 2.45) is 0 Å². The number of fused-ring (bicyclic) bond motifs is 1. The van der Waals surface area contributed by atoms with Crippen molar-refractivity contribution in [3.05, 3.63) is 71.9 Å². The highest BCUT2D eigenvalue weighted by atomic mass is 16.5. The lowest BCUT2D eigenvalue weighted by molar-refractivity contribution is 0.414. The maximum absolute atomic E-state index is 5.28. The second kappa shape index (κ2) is 7.66. The Morgan fingerprint density at radius 3 is 2.93 bits per heavy atom. The summed E-state index contributed by atoms with van der Waals surface area (Å²) in [6.07, 6.45) is 3.75. The molecule has 3 aromatic rings. The smallest absolute Gasteiger partial charge is 0.224 e. The summed E-state index contributed by atoms with van der Waals surface area (Å²) in [5.41, 5.74) is 3.84. The molecule has 5 heteroatoms. The Balaban J connectivity index is 1.45. The van der Waals surface area contributed by atoms with Crippen LogP contribution < -0.4 is 15.0 Å². The van der Waals surface area contributed by atoms with E-state index < -0.39 is 0 Å². The zero-order valence-electron chi connectivity index (χ0n) is 15.7. The molecule has 1 atom stereocenters. The van der Waals surface area contributed by atoms with Crippen molar-refractivity contribution in [1.29, 1.82) is 0 Å². The lowest BCUT2D eigenvalue weighted by Crippen LogP contribution is -2.25. The number of nitrogens with one attached hydrogen (secondary N) is 1. The molecule has 0 radical (unpaired) electrons. The van der Waals surface area contributed by atoms with E-state index in [1.54, 1.807) is 7.11 Å². The Morgan fingerprint density at radius 1 is 1.15 bits per heavy atom. The molecule has 1 aliphatic rings. The number of para-hydroxylation sites is 1. The van der Waals surface area contributed by atoms with Crippen LogP contribution >= 0.6 is 0 Å². The molecule has 27 heavy (non-hydrogen) atoms. The van der Waals surface area contributed by atoms with Crippen molar-refractivity contribution in [2.75, 3.05) is 23.9 Å². The van der Waals surface area contributed by atoms with Crippen LogP contribution in [-0.4, -0.2) is 29.7 Å². The topological polar surface area (TPSA) is 50.3 Å². The van der Waals surface area contributed by atoms with Gasteiger partial charge in [-0.3, -0.25) is 0 Å². The lowest BCUT2D eigenvalue weighted by atomic mass is 10.1. The zero-order chi connectivity index (χ0) is 18.6. The molecule has 0 aliphatic carbocycles. The summed E-state index contributed by atoms with van der Waals surface area (Å²) in [5.74, 6) is 2.48. The third-order valence-corrected chi connectivity index (χ3v) is 4.93. The van der Waals surface area contributed by atoms with Gasteiger partial charge in [0.05, 0.1) is 7.11 Å². The van der Waals surface area contributed by atoms with E-state index in [2.05, 4.69) is 58.5 Å². The third-order valence-electron chi connectivity index (χ3n) is 4.93. The fourth-order valence-corrected chi connectivity index (χ4v) is 3.63. The first kappa shape index (κ1) is 17.3. The maximum atomic E-state index is 5.28. The number of nitrogens with zero attached hydrogens (tertiary/aromatic N) is 3. The number of hydrogen-bond acceptors (Lipinski definition) is 5. The van der Waals surface area contributed by atoms with Gasteiger partial charge in [-0.1, -0.05) is 30.3 Å². The number of hydrogen-bond donors (Lipinski definition) is 1. The first-order valence-electron chi connectivity index (χ1n) is 9.31. The molecule has 1 unspecified atom stereocenters. The van der Waals surface area contributed by atoms with E-state index in [4.69, 9.17) is 9.72 Å².